The molecule has 0 saturated heterocycles. The van der Waals surface area contributed by atoms with Crippen molar-refractivity contribution in [3.8, 4) is 11.5 Å². The summed E-state index contributed by atoms with van der Waals surface area (Å²) in [5.41, 5.74) is 1.57. The molecule has 0 bridgehead atoms. The molecule has 2 rings (SSSR count). The van der Waals surface area contributed by atoms with Gasteiger partial charge in [-0.3, -0.25) is 4.79 Å². The normalized spacial score (nSPS) is 10.2. The first-order valence-corrected chi connectivity index (χ1v) is 8.08. The lowest BCUT2D eigenvalue weighted by Gasteiger charge is -2.14. The van der Waals surface area contributed by atoms with Crippen molar-refractivity contribution in [1.82, 2.24) is 5.32 Å². The van der Waals surface area contributed by atoms with E-state index in [0.29, 0.717) is 35.2 Å². The number of hydrogen-bond acceptors (Lipinski definition) is 4. The first-order valence-electron chi connectivity index (χ1n) is 7.70. The first-order chi connectivity index (χ1) is 12.0. The highest BCUT2D eigenvalue weighted by molar-refractivity contribution is 6.32. The van der Waals surface area contributed by atoms with Crippen molar-refractivity contribution in [2.75, 3.05) is 32.6 Å². The van der Waals surface area contributed by atoms with Crippen molar-refractivity contribution < 1.29 is 18.7 Å². The van der Waals surface area contributed by atoms with Gasteiger partial charge >= 0.3 is 0 Å². The Balaban J connectivity index is 1.84. The minimum atomic E-state index is -0.274. The predicted molar refractivity (Wildman–Crippen MR) is 96.2 cm³/mol. The van der Waals surface area contributed by atoms with Crippen LogP contribution in [0.1, 0.15) is 5.56 Å². The number of methoxy groups -OCH3 is 2. The minimum absolute atomic E-state index is 0.0740. The molecule has 0 heterocycles. The maximum absolute atomic E-state index is 12.8. The number of hydrogen-bond donors (Lipinski definition) is 2. The van der Waals surface area contributed by atoms with Crippen LogP contribution in [-0.4, -0.2) is 33.2 Å². The molecule has 7 heteroatoms. The Morgan fingerprint density at radius 2 is 1.80 bits per heavy atom. The molecule has 25 heavy (non-hydrogen) atoms. The SMILES string of the molecule is COc1cc(NCC(=O)NCCc2ccc(F)cc2)c(OC)cc1Cl. The molecule has 0 aromatic heterocycles. The second kappa shape index (κ2) is 9.13. The number of anilines is 1. The van der Waals surface area contributed by atoms with Gasteiger partial charge in [-0.1, -0.05) is 23.7 Å². The lowest BCUT2D eigenvalue weighted by Crippen LogP contribution is -2.31. The van der Waals surface area contributed by atoms with Crippen LogP contribution in [0, 0.1) is 5.82 Å². The third-order valence-corrected chi connectivity index (χ3v) is 3.86. The van der Waals surface area contributed by atoms with Crippen LogP contribution in [0.3, 0.4) is 0 Å². The lowest BCUT2D eigenvalue weighted by atomic mass is 10.1. The first kappa shape index (κ1) is 18.9. The topological polar surface area (TPSA) is 59.6 Å². The van der Waals surface area contributed by atoms with E-state index in [1.54, 1.807) is 24.3 Å². The van der Waals surface area contributed by atoms with Crippen molar-refractivity contribution in [2.45, 2.75) is 6.42 Å². The number of carbonyl (C=O) groups is 1. The molecule has 2 aromatic rings. The molecule has 0 atom stereocenters. The molecule has 0 saturated carbocycles. The zero-order chi connectivity index (χ0) is 18.2. The third kappa shape index (κ3) is 5.53. The van der Waals surface area contributed by atoms with Crippen LogP contribution in [-0.2, 0) is 11.2 Å². The van der Waals surface area contributed by atoms with Gasteiger partial charge in [-0.2, -0.15) is 0 Å². The van der Waals surface area contributed by atoms with Crippen LogP contribution in [0.25, 0.3) is 0 Å². The molecule has 0 aliphatic carbocycles. The lowest BCUT2D eigenvalue weighted by molar-refractivity contribution is -0.119. The van der Waals surface area contributed by atoms with Crippen LogP contribution >= 0.6 is 11.6 Å². The molecule has 0 spiro atoms. The van der Waals surface area contributed by atoms with E-state index >= 15 is 0 Å². The van der Waals surface area contributed by atoms with Crippen LogP contribution < -0.4 is 20.1 Å². The summed E-state index contributed by atoms with van der Waals surface area (Å²) in [7, 11) is 3.03. The number of benzene rings is 2. The van der Waals surface area contributed by atoms with Gasteiger partial charge in [0.15, 0.2) is 0 Å². The maximum atomic E-state index is 12.8. The van der Waals surface area contributed by atoms with Crippen molar-refractivity contribution in [3.05, 3.63) is 52.8 Å². The minimum Gasteiger partial charge on any atom is -0.495 e. The molecule has 0 aliphatic rings. The van der Waals surface area contributed by atoms with E-state index in [1.807, 2.05) is 0 Å². The van der Waals surface area contributed by atoms with Gasteiger partial charge in [0, 0.05) is 18.7 Å². The van der Waals surface area contributed by atoms with Gasteiger partial charge in [0.2, 0.25) is 5.91 Å². The molecule has 134 valence electrons. The maximum Gasteiger partial charge on any atom is 0.239 e. The summed E-state index contributed by atoms with van der Waals surface area (Å²) in [6.07, 6.45) is 0.629. The zero-order valence-corrected chi connectivity index (χ0v) is 14.8. The summed E-state index contributed by atoms with van der Waals surface area (Å²) in [6, 6.07) is 9.50. The van der Waals surface area contributed by atoms with Gasteiger partial charge in [-0.15, -0.1) is 0 Å². The summed E-state index contributed by atoms with van der Waals surface area (Å²) >= 11 is 6.04. The van der Waals surface area contributed by atoms with Gasteiger partial charge in [-0.05, 0) is 24.1 Å². The second-order valence-corrected chi connectivity index (χ2v) is 5.67. The van der Waals surface area contributed by atoms with Gasteiger partial charge in [-0.25, -0.2) is 4.39 Å². The predicted octanol–water partition coefficient (Wildman–Crippen LogP) is 3.27. The Labute approximate surface area is 151 Å². The largest absolute Gasteiger partial charge is 0.495 e. The fourth-order valence-electron chi connectivity index (χ4n) is 2.23. The quantitative estimate of drug-likeness (QED) is 0.752. The Hall–Kier alpha value is -2.47. The Morgan fingerprint density at radius 3 is 2.44 bits per heavy atom. The number of amides is 1. The van der Waals surface area contributed by atoms with E-state index in [4.69, 9.17) is 21.1 Å². The van der Waals surface area contributed by atoms with E-state index in [-0.39, 0.29) is 18.3 Å². The van der Waals surface area contributed by atoms with Gasteiger partial charge in [0.05, 0.1) is 31.5 Å². The fraction of sp³-hybridized carbons (Fsp3) is 0.278. The van der Waals surface area contributed by atoms with Crippen molar-refractivity contribution in [3.63, 3.8) is 0 Å². The van der Waals surface area contributed by atoms with Crippen molar-refractivity contribution in [2.24, 2.45) is 0 Å². The molecule has 1 amide bonds. The smallest absolute Gasteiger partial charge is 0.239 e. The highest BCUT2D eigenvalue weighted by Crippen LogP contribution is 2.35. The Bertz CT molecular complexity index is 723. The average Bonchev–Trinajstić information content (AvgIpc) is 2.62. The molecule has 2 N–H and O–H groups in total. The molecule has 2 aromatic carbocycles. The third-order valence-electron chi connectivity index (χ3n) is 3.56. The highest BCUT2D eigenvalue weighted by Gasteiger charge is 2.11. The van der Waals surface area contributed by atoms with Crippen LogP contribution in [0.15, 0.2) is 36.4 Å². The molecule has 0 unspecified atom stereocenters. The van der Waals surface area contributed by atoms with Gasteiger partial charge in [0.1, 0.15) is 17.3 Å². The van der Waals surface area contributed by atoms with Gasteiger partial charge < -0.3 is 20.1 Å². The fourth-order valence-corrected chi connectivity index (χ4v) is 2.46. The van der Waals surface area contributed by atoms with Gasteiger partial charge in [0.25, 0.3) is 0 Å². The summed E-state index contributed by atoms with van der Waals surface area (Å²) in [4.78, 5) is 11.9. The number of carbonyl (C=O) groups excluding carboxylic acids is 1. The average molecular weight is 367 g/mol. The molecule has 0 radical (unpaired) electrons. The highest BCUT2D eigenvalue weighted by atomic mass is 35.5. The summed E-state index contributed by atoms with van der Waals surface area (Å²) in [5.74, 6) is 0.564. The number of ether oxygens (including phenoxy) is 2. The monoisotopic (exact) mass is 366 g/mol. The molecule has 0 fully saturated rings. The molecular formula is C18H20ClFN2O3. The standard InChI is InChI=1S/C18H20ClFN2O3/c1-24-16-10-15(17(25-2)9-14(16)19)22-11-18(23)21-8-7-12-3-5-13(20)6-4-12/h3-6,9-10,22H,7-8,11H2,1-2H3,(H,21,23). The summed E-state index contributed by atoms with van der Waals surface area (Å²) in [6.45, 7) is 0.539. The second-order valence-electron chi connectivity index (χ2n) is 5.27. The van der Waals surface area contributed by atoms with Crippen LogP contribution in [0.4, 0.5) is 10.1 Å². The molecule has 0 aliphatic heterocycles. The van der Waals surface area contributed by atoms with Crippen molar-refractivity contribution >= 4 is 23.2 Å². The van der Waals surface area contributed by atoms with E-state index in [1.165, 1.54) is 26.4 Å². The molecule has 5 nitrogen and oxygen atoms in total. The Kier molecular flexibility index (Phi) is 6.89. The molecular weight excluding hydrogens is 347 g/mol. The Morgan fingerprint density at radius 1 is 1.12 bits per heavy atom. The number of rotatable bonds is 8. The van der Waals surface area contributed by atoms with E-state index in [2.05, 4.69) is 10.6 Å². The van der Waals surface area contributed by atoms with Crippen molar-refractivity contribution in [1.29, 1.82) is 0 Å². The van der Waals surface area contributed by atoms with Crippen LogP contribution in [0.5, 0.6) is 11.5 Å². The zero-order valence-electron chi connectivity index (χ0n) is 14.1. The van der Waals surface area contributed by atoms with Crippen LogP contribution in [0.2, 0.25) is 5.02 Å². The number of halogens is 2. The van der Waals surface area contributed by atoms with E-state index in [0.717, 1.165) is 5.56 Å². The summed E-state index contributed by atoms with van der Waals surface area (Å²) in [5, 5.41) is 6.22. The van der Waals surface area contributed by atoms with E-state index < -0.39 is 0 Å². The number of nitrogens with one attached hydrogen (secondary N) is 2. The summed E-state index contributed by atoms with van der Waals surface area (Å²) < 4.78 is 23.2. The van der Waals surface area contributed by atoms with E-state index in [9.17, 15) is 9.18 Å².